The summed E-state index contributed by atoms with van der Waals surface area (Å²) in [6, 6.07) is 8.20. The summed E-state index contributed by atoms with van der Waals surface area (Å²) in [4.78, 5) is 15.2. The van der Waals surface area contributed by atoms with Crippen LogP contribution in [-0.2, 0) is 21.2 Å². The van der Waals surface area contributed by atoms with Gasteiger partial charge in [-0.05, 0) is 68.0 Å². The highest BCUT2D eigenvalue weighted by molar-refractivity contribution is 7.92. The van der Waals surface area contributed by atoms with Crippen molar-refractivity contribution in [2.24, 2.45) is 5.92 Å². The van der Waals surface area contributed by atoms with Crippen molar-refractivity contribution in [2.75, 3.05) is 11.3 Å². The molecule has 2 aliphatic rings. The average molecular weight is 530 g/mol. The molecule has 2 aromatic carbocycles. The first-order chi connectivity index (χ1) is 15.7. The van der Waals surface area contributed by atoms with Crippen molar-refractivity contribution < 1.29 is 13.2 Å². The maximum absolute atomic E-state index is 13.1. The zero-order valence-corrected chi connectivity index (χ0v) is 21.5. The Labute approximate surface area is 210 Å². The molecule has 1 unspecified atom stereocenters. The van der Waals surface area contributed by atoms with Gasteiger partial charge in [0.2, 0.25) is 5.91 Å². The monoisotopic (exact) mass is 528 g/mol. The number of nitrogens with zero attached hydrogens (tertiary/aromatic N) is 1. The van der Waals surface area contributed by atoms with E-state index in [0.29, 0.717) is 33.6 Å². The molecule has 33 heavy (non-hydrogen) atoms. The summed E-state index contributed by atoms with van der Waals surface area (Å²) in [5.41, 5.74) is 1.27. The van der Waals surface area contributed by atoms with E-state index in [9.17, 15) is 13.2 Å². The summed E-state index contributed by atoms with van der Waals surface area (Å²) in [6.07, 6.45) is 6.85. The second-order valence-electron chi connectivity index (χ2n) is 8.87. The van der Waals surface area contributed by atoms with Crippen LogP contribution in [-0.4, -0.2) is 31.8 Å². The molecule has 1 saturated carbocycles. The van der Waals surface area contributed by atoms with E-state index in [0.717, 1.165) is 25.8 Å². The maximum atomic E-state index is 13.1. The quantitative estimate of drug-likeness (QED) is 0.466. The Morgan fingerprint density at radius 2 is 1.73 bits per heavy atom. The Balaban J connectivity index is 1.55. The van der Waals surface area contributed by atoms with Crippen LogP contribution in [0.15, 0.2) is 35.2 Å². The molecule has 0 radical (unpaired) electrons. The fraction of sp³-hybridized carbons (Fsp3) is 0.458. The molecule has 0 bridgehead atoms. The molecule has 0 spiro atoms. The second kappa shape index (κ2) is 10.0. The molecule has 1 aliphatic carbocycles. The normalized spacial score (nSPS) is 19.8. The number of sulfonamides is 1. The smallest absolute Gasteiger partial charge is 0.262 e. The van der Waals surface area contributed by atoms with E-state index in [2.05, 4.69) is 4.72 Å². The van der Waals surface area contributed by atoms with Crippen molar-refractivity contribution in [1.82, 2.24) is 4.90 Å². The molecule has 0 aromatic heterocycles. The topological polar surface area (TPSA) is 66.5 Å². The fourth-order valence-electron chi connectivity index (χ4n) is 4.90. The molecule has 2 fully saturated rings. The number of likely N-dealkylation sites (tertiary alicyclic amines) is 1. The molecular formula is C24H27Cl3N2O3S. The predicted octanol–water partition coefficient (Wildman–Crippen LogP) is 6.48. The molecule has 1 N–H and O–H groups in total. The van der Waals surface area contributed by atoms with Crippen molar-refractivity contribution in [2.45, 2.75) is 62.8 Å². The minimum Gasteiger partial charge on any atom is -0.339 e. The van der Waals surface area contributed by atoms with Crippen LogP contribution in [0.5, 0.6) is 0 Å². The number of benzene rings is 2. The third-order valence-electron chi connectivity index (χ3n) is 6.75. The summed E-state index contributed by atoms with van der Waals surface area (Å²) in [5, 5.41) is 1.00. The van der Waals surface area contributed by atoms with Gasteiger partial charge in [-0.1, -0.05) is 60.1 Å². The van der Waals surface area contributed by atoms with E-state index in [1.54, 1.807) is 25.1 Å². The van der Waals surface area contributed by atoms with Gasteiger partial charge in [0.1, 0.15) is 0 Å². The van der Waals surface area contributed by atoms with E-state index in [4.69, 9.17) is 34.8 Å². The number of nitrogens with one attached hydrogen (secondary N) is 1. The zero-order valence-electron chi connectivity index (χ0n) is 18.4. The number of rotatable bonds is 6. The molecular weight excluding hydrogens is 503 g/mol. The van der Waals surface area contributed by atoms with E-state index in [1.807, 2.05) is 4.90 Å². The van der Waals surface area contributed by atoms with Crippen molar-refractivity contribution in [1.29, 1.82) is 0 Å². The van der Waals surface area contributed by atoms with Crippen LogP contribution in [0.1, 0.15) is 49.7 Å². The number of carbonyl (C=O) groups is 1. The molecule has 5 nitrogen and oxygen atoms in total. The first kappa shape index (κ1) is 24.6. The third kappa shape index (κ3) is 5.14. The van der Waals surface area contributed by atoms with Crippen molar-refractivity contribution in [3.63, 3.8) is 0 Å². The first-order valence-electron chi connectivity index (χ1n) is 11.2. The largest absolute Gasteiger partial charge is 0.339 e. The Morgan fingerprint density at radius 3 is 2.45 bits per heavy atom. The number of halogens is 3. The highest BCUT2D eigenvalue weighted by Gasteiger charge is 2.37. The Bertz CT molecular complexity index is 1160. The maximum Gasteiger partial charge on any atom is 0.262 e. The summed E-state index contributed by atoms with van der Waals surface area (Å²) < 4.78 is 28.6. The van der Waals surface area contributed by atoms with Gasteiger partial charge >= 0.3 is 0 Å². The minimum absolute atomic E-state index is 0.0802. The Kier molecular flexibility index (Phi) is 7.49. The number of hydrogen-bond acceptors (Lipinski definition) is 3. The molecule has 1 aliphatic heterocycles. The second-order valence-corrected chi connectivity index (χ2v) is 11.7. The van der Waals surface area contributed by atoms with Crippen LogP contribution in [0, 0.1) is 12.8 Å². The summed E-state index contributed by atoms with van der Waals surface area (Å²) >= 11 is 19.2. The van der Waals surface area contributed by atoms with Crippen LogP contribution in [0.2, 0.25) is 15.1 Å². The van der Waals surface area contributed by atoms with Gasteiger partial charge in [0, 0.05) is 28.5 Å². The minimum atomic E-state index is -3.92. The Hall–Kier alpha value is -1.47. The predicted molar refractivity (Wildman–Crippen MR) is 134 cm³/mol. The van der Waals surface area contributed by atoms with Crippen LogP contribution in [0.3, 0.4) is 0 Å². The third-order valence-corrected chi connectivity index (χ3v) is 9.46. The van der Waals surface area contributed by atoms with Gasteiger partial charge in [0.25, 0.3) is 10.0 Å². The van der Waals surface area contributed by atoms with Crippen molar-refractivity contribution in [3.05, 3.63) is 56.5 Å². The average Bonchev–Trinajstić information content (AvgIpc) is 3.15. The number of anilines is 1. The summed E-state index contributed by atoms with van der Waals surface area (Å²) in [6.45, 7) is 2.40. The number of hydrogen-bond donors (Lipinski definition) is 1. The van der Waals surface area contributed by atoms with E-state index < -0.39 is 10.0 Å². The fourth-order valence-corrected chi connectivity index (χ4v) is 7.10. The number of carbonyl (C=O) groups excluding carboxylic acids is 1. The van der Waals surface area contributed by atoms with Crippen LogP contribution >= 0.6 is 34.8 Å². The van der Waals surface area contributed by atoms with Gasteiger partial charge in [-0.15, -0.1) is 0 Å². The highest BCUT2D eigenvalue weighted by atomic mass is 35.5. The molecule has 1 heterocycles. The van der Waals surface area contributed by atoms with Gasteiger partial charge in [-0.3, -0.25) is 9.52 Å². The molecule has 9 heteroatoms. The molecule has 1 saturated heterocycles. The highest BCUT2D eigenvalue weighted by Crippen LogP contribution is 2.38. The molecule has 1 amide bonds. The first-order valence-corrected chi connectivity index (χ1v) is 13.9. The lowest BCUT2D eigenvalue weighted by atomic mass is 9.94. The molecule has 4 rings (SSSR count). The molecule has 2 aromatic rings. The van der Waals surface area contributed by atoms with Crippen molar-refractivity contribution in [3.8, 4) is 0 Å². The summed E-state index contributed by atoms with van der Waals surface area (Å²) in [7, 11) is -3.92. The molecule has 1 atom stereocenters. The van der Waals surface area contributed by atoms with Gasteiger partial charge in [0.15, 0.2) is 0 Å². The lowest BCUT2D eigenvalue weighted by Gasteiger charge is -2.31. The summed E-state index contributed by atoms with van der Waals surface area (Å²) in [5.74, 6) is -0.0569. The lowest BCUT2D eigenvalue weighted by molar-refractivity contribution is -0.133. The SMILES string of the molecule is Cc1c(Cl)cccc1S(=O)(=O)Nc1ccc(Cl)c(CC2CCN(C3CCCCC3)C2=O)c1Cl. The van der Waals surface area contributed by atoms with Gasteiger partial charge in [-0.2, -0.15) is 0 Å². The van der Waals surface area contributed by atoms with Gasteiger partial charge in [-0.25, -0.2) is 8.42 Å². The molecule has 178 valence electrons. The van der Waals surface area contributed by atoms with Crippen LogP contribution < -0.4 is 4.72 Å². The van der Waals surface area contributed by atoms with Gasteiger partial charge < -0.3 is 4.90 Å². The van der Waals surface area contributed by atoms with Crippen LogP contribution in [0.25, 0.3) is 0 Å². The Morgan fingerprint density at radius 1 is 1.00 bits per heavy atom. The van der Waals surface area contributed by atoms with E-state index in [-0.39, 0.29) is 27.4 Å². The lowest BCUT2D eigenvalue weighted by Crippen LogP contribution is -2.39. The zero-order chi connectivity index (χ0) is 23.8. The van der Waals surface area contributed by atoms with E-state index in [1.165, 1.54) is 31.4 Å². The number of amides is 1. The van der Waals surface area contributed by atoms with Crippen molar-refractivity contribution >= 4 is 56.4 Å². The van der Waals surface area contributed by atoms with E-state index >= 15 is 0 Å². The standard InChI is InChI=1S/C24H27Cl3N2O3S/c1-15-19(25)8-5-9-22(15)33(31,32)28-21-11-10-20(26)18(23(21)27)14-16-12-13-29(24(16)30)17-6-3-2-4-7-17/h5,8-11,16-17,28H,2-4,6-7,12-14H2,1H3. The van der Waals surface area contributed by atoms with Gasteiger partial charge in [0.05, 0.1) is 15.6 Å². The van der Waals surface area contributed by atoms with Crippen LogP contribution in [0.4, 0.5) is 5.69 Å².